The summed E-state index contributed by atoms with van der Waals surface area (Å²) in [5.74, 6) is 0.412. The number of phenolic OH excluding ortho intramolecular Hbond substituents is 1. The van der Waals surface area contributed by atoms with Crippen LogP contribution in [0.3, 0.4) is 0 Å². The van der Waals surface area contributed by atoms with Crippen LogP contribution in [0.5, 0.6) is 11.5 Å². The molecule has 1 amide bonds. The van der Waals surface area contributed by atoms with Crippen molar-refractivity contribution in [2.24, 2.45) is 0 Å². The highest BCUT2D eigenvalue weighted by Crippen LogP contribution is 2.39. The van der Waals surface area contributed by atoms with E-state index in [4.69, 9.17) is 4.74 Å². The van der Waals surface area contributed by atoms with E-state index in [2.05, 4.69) is 56.2 Å². The van der Waals surface area contributed by atoms with Crippen LogP contribution in [0.25, 0.3) is 0 Å². The summed E-state index contributed by atoms with van der Waals surface area (Å²) in [5, 5.41) is 14.0. The smallest absolute Gasteiger partial charge is 0.224 e. The number of aromatic hydroxyl groups is 1. The maximum absolute atomic E-state index is 13.4. The number of amides is 1. The number of ether oxygens (including phenoxy) is 1. The van der Waals surface area contributed by atoms with Crippen LogP contribution >= 0.6 is 0 Å². The maximum Gasteiger partial charge on any atom is 0.224 e. The Hall–Kier alpha value is -3.28. The molecule has 0 saturated carbocycles. The summed E-state index contributed by atoms with van der Waals surface area (Å²) < 4.78 is 7.32. The molecule has 2 N–H and O–H groups in total. The van der Waals surface area contributed by atoms with Crippen LogP contribution in [0, 0.1) is 0 Å². The van der Waals surface area contributed by atoms with Gasteiger partial charge in [-0.2, -0.15) is 0 Å². The van der Waals surface area contributed by atoms with Gasteiger partial charge in [0.1, 0.15) is 0 Å². The highest BCUT2D eigenvalue weighted by molar-refractivity contribution is 5.92. The van der Waals surface area contributed by atoms with Gasteiger partial charge >= 0.3 is 0 Å². The first-order valence-corrected chi connectivity index (χ1v) is 12.5. The van der Waals surface area contributed by atoms with Crippen molar-refractivity contribution in [2.75, 3.05) is 12.4 Å². The number of para-hydroxylation sites is 1. The third-order valence-electron chi connectivity index (χ3n) is 6.37. The molecule has 0 spiro atoms. The molecule has 2 aromatic carbocycles. The Bertz CT molecular complexity index is 1100. The van der Waals surface area contributed by atoms with E-state index < -0.39 is 0 Å². The van der Waals surface area contributed by atoms with Gasteiger partial charge in [-0.05, 0) is 41.0 Å². The Kier molecular flexibility index (Phi) is 8.96. The fourth-order valence-electron chi connectivity index (χ4n) is 4.50. The molecule has 1 heterocycles. The Balaban J connectivity index is 1.85. The molecule has 0 aliphatic rings. The zero-order valence-corrected chi connectivity index (χ0v) is 21.7. The molecule has 0 aliphatic heterocycles. The van der Waals surface area contributed by atoms with Gasteiger partial charge in [-0.15, -0.1) is 0 Å². The summed E-state index contributed by atoms with van der Waals surface area (Å²) in [5.41, 5.74) is 3.66. The predicted molar refractivity (Wildman–Crippen MR) is 141 cm³/mol. The number of methoxy groups -OCH3 is 1. The second kappa shape index (κ2) is 11.9. The van der Waals surface area contributed by atoms with E-state index in [1.165, 1.54) is 0 Å². The van der Waals surface area contributed by atoms with Gasteiger partial charge in [0.25, 0.3) is 0 Å². The number of nitrogens with zero attached hydrogens (tertiary/aromatic N) is 2. The van der Waals surface area contributed by atoms with Crippen molar-refractivity contribution in [2.45, 2.75) is 77.7 Å². The summed E-state index contributed by atoms with van der Waals surface area (Å²) in [7, 11) is 1.54. The third-order valence-corrected chi connectivity index (χ3v) is 6.37. The number of aromatic nitrogens is 2. The molecular formula is C29H39N3O3. The Labute approximate surface area is 209 Å². The molecule has 1 aromatic heterocycles. The summed E-state index contributed by atoms with van der Waals surface area (Å²) in [6.07, 6.45) is 9.79. The summed E-state index contributed by atoms with van der Waals surface area (Å²) in [4.78, 5) is 17.5. The molecule has 0 bridgehead atoms. The topological polar surface area (TPSA) is 76.4 Å². The molecule has 6 heteroatoms. The van der Waals surface area contributed by atoms with Crippen LogP contribution in [0.15, 0.2) is 55.1 Å². The molecule has 6 nitrogen and oxygen atoms in total. The lowest BCUT2D eigenvalue weighted by atomic mass is 9.85. The van der Waals surface area contributed by atoms with E-state index in [0.29, 0.717) is 18.7 Å². The monoisotopic (exact) mass is 477 g/mol. The number of imidazole rings is 1. The second-order valence-electron chi connectivity index (χ2n) is 10.2. The lowest BCUT2D eigenvalue weighted by Crippen LogP contribution is -2.21. The van der Waals surface area contributed by atoms with Crippen molar-refractivity contribution in [1.29, 1.82) is 0 Å². The predicted octanol–water partition coefficient (Wildman–Crippen LogP) is 6.64. The number of rotatable bonds is 11. The van der Waals surface area contributed by atoms with Gasteiger partial charge in [-0.3, -0.25) is 4.79 Å². The Morgan fingerprint density at radius 1 is 1.20 bits per heavy atom. The van der Waals surface area contributed by atoms with Gasteiger partial charge < -0.3 is 19.7 Å². The molecule has 3 rings (SSSR count). The third kappa shape index (κ3) is 7.10. The molecule has 35 heavy (non-hydrogen) atoms. The minimum absolute atomic E-state index is 0.0565. The molecule has 0 aliphatic carbocycles. The Morgan fingerprint density at radius 3 is 2.66 bits per heavy atom. The van der Waals surface area contributed by atoms with Crippen LogP contribution in [0.1, 0.15) is 82.4 Å². The molecule has 188 valence electrons. The van der Waals surface area contributed by atoms with Crippen LogP contribution < -0.4 is 10.1 Å². The molecule has 0 radical (unpaired) electrons. The lowest BCUT2D eigenvalue weighted by Gasteiger charge is -2.25. The zero-order valence-electron chi connectivity index (χ0n) is 21.7. The number of hydrogen-bond donors (Lipinski definition) is 2. The molecular weight excluding hydrogens is 438 g/mol. The van der Waals surface area contributed by atoms with Crippen molar-refractivity contribution >= 4 is 11.6 Å². The van der Waals surface area contributed by atoms with E-state index in [-0.39, 0.29) is 23.0 Å². The SMILES string of the molecule is CCCCCC(CC(=O)Nc1cc(Cn2ccnc2)ccc1C(C)(C)C)c1cccc(OC)c1O. The van der Waals surface area contributed by atoms with Gasteiger partial charge in [0.05, 0.1) is 13.4 Å². The first-order chi connectivity index (χ1) is 16.7. The van der Waals surface area contributed by atoms with Gasteiger partial charge in [0, 0.05) is 36.6 Å². The lowest BCUT2D eigenvalue weighted by molar-refractivity contribution is -0.116. The van der Waals surface area contributed by atoms with E-state index in [9.17, 15) is 9.90 Å². The van der Waals surface area contributed by atoms with E-state index >= 15 is 0 Å². The van der Waals surface area contributed by atoms with Crippen LogP contribution in [-0.2, 0) is 16.8 Å². The highest BCUT2D eigenvalue weighted by atomic mass is 16.5. The van der Waals surface area contributed by atoms with Crippen molar-refractivity contribution in [1.82, 2.24) is 9.55 Å². The summed E-state index contributed by atoms with van der Waals surface area (Å²) in [6, 6.07) is 11.8. The fraction of sp³-hybridized carbons (Fsp3) is 0.448. The molecule has 0 saturated heterocycles. The average Bonchev–Trinajstić information content (AvgIpc) is 3.31. The van der Waals surface area contributed by atoms with Crippen molar-refractivity contribution in [3.05, 3.63) is 71.8 Å². The molecule has 3 aromatic rings. The van der Waals surface area contributed by atoms with Crippen LogP contribution in [0.2, 0.25) is 0 Å². The number of hydrogen-bond acceptors (Lipinski definition) is 4. The Morgan fingerprint density at radius 2 is 2.00 bits per heavy atom. The average molecular weight is 478 g/mol. The van der Waals surface area contributed by atoms with Gasteiger partial charge in [0.2, 0.25) is 5.91 Å². The second-order valence-corrected chi connectivity index (χ2v) is 10.2. The number of phenols is 1. The van der Waals surface area contributed by atoms with Crippen molar-refractivity contribution in [3.63, 3.8) is 0 Å². The first-order valence-electron chi connectivity index (χ1n) is 12.5. The van der Waals surface area contributed by atoms with E-state index in [0.717, 1.165) is 48.1 Å². The van der Waals surface area contributed by atoms with E-state index in [1.54, 1.807) is 25.7 Å². The van der Waals surface area contributed by atoms with Gasteiger partial charge in [0.15, 0.2) is 11.5 Å². The first kappa shape index (κ1) is 26.3. The van der Waals surface area contributed by atoms with Crippen LogP contribution in [0.4, 0.5) is 5.69 Å². The van der Waals surface area contributed by atoms with Crippen molar-refractivity contribution in [3.8, 4) is 11.5 Å². The highest BCUT2D eigenvalue weighted by Gasteiger charge is 2.23. The fourth-order valence-corrected chi connectivity index (χ4v) is 4.50. The molecule has 1 unspecified atom stereocenters. The molecule has 0 fully saturated rings. The standard InChI is InChI=1S/C29H39N3O3/c1-6-7-8-10-22(23-11-9-12-26(35-5)28(23)34)18-27(33)31-25-17-21(19-32-16-15-30-20-32)13-14-24(25)29(2,3)4/h9,11-17,20,22,34H,6-8,10,18-19H2,1-5H3,(H,31,33). The zero-order chi connectivity index (χ0) is 25.4. The number of nitrogens with one attached hydrogen (secondary N) is 1. The summed E-state index contributed by atoms with van der Waals surface area (Å²) in [6.45, 7) is 9.29. The number of unbranched alkanes of at least 4 members (excludes halogenated alkanes) is 2. The van der Waals surface area contributed by atoms with E-state index in [1.807, 2.05) is 22.9 Å². The minimum Gasteiger partial charge on any atom is -0.504 e. The number of carbonyl (C=O) groups excluding carboxylic acids is 1. The van der Waals surface area contributed by atoms with Gasteiger partial charge in [-0.1, -0.05) is 71.2 Å². The number of anilines is 1. The largest absolute Gasteiger partial charge is 0.504 e. The van der Waals surface area contributed by atoms with Crippen LogP contribution in [-0.4, -0.2) is 27.7 Å². The molecule has 1 atom stereocenters. The van der Waals surface area contributed by atoms with Gasteiger partial charge in [-0.25, -0.2) is 4.98 Å². The van der Waals surface area contributed by atoms with Crippen molar-refractivity contribution < 1.29 is 14.6 Å². The number of benzene rings is 2. The minimum atomic E-state index is -0.123. The quantitative estimate of drug-likeness (QED) is 0.304. The number of carbonyl (C=O) groups is 1. The summed E-state index contributed by atoms with van der Waals surface area (Å²) >= 11 is 0. The maximum atomic E-state index is 13.4. The normalized spacial score (nSPS) is 12.4.